The van der Waals surface area contributed by atoms with Crippen molar-refractivity contribution in [1.29, 1.82) is 0 Å². The summed E-state index contributed by atoms with van der Waals surface area (Å²) in [5.41, 5.74) is 0. The summed E-state index contributed by atoms with van der Waals surface area (Å²) < 4.78 is 2.20. The quantitative estimate of drug-likeness (QED) is 0.260. The summed E-state index contributed by atoms with van der Waals surface area (Å²) in [7, 11) is 1.87. The van der Waals surface area contributed by atoms with Gasteiger partial charge in [-0.15, -0.1) is 0 Å². The molecule has 9 heavy (non-hydrogen) atoms. The maximum atomic E-state index is 7.17. The molecule has 1 aliphatic heterocycles. The Kier molecular flexibility index (Phi) is 3.13. The van der Waals surface area contributed by atoms with Crippen molar-refractivity contribution in [1.82, 2.24) is 10.3 Å². The molecule has 56 valence electrons. The van der Waals surface area contributed by atoms with Gasteiger partial charge in [-0.05, 0) is 0 Å². The molecule has 5 heteroatoms. The van der Waals surface area contributed by atoms with Gasteiger partial charge in [0.25, 0.3) is 0 Å². The van der Waals surface area contributed by atoms with Gasteiger partial charge in [-0.3, -0.25) is 0 Å². The Balaban J connectivity index is 2.32. The third-order valence-electron chi connectivity index (χ3n) is 0.992. The molecule has 1 fully saturated rings. The molecule has 1 aliphatic rings. The molecule has 0 aliphatic carbocycles. The van der Waals surface area contributed by atoms with Gasteiger partial charge in [-0.1, -0.05) is 0 Å². The van der Waals surface area contributed by atoms with Gasteiger partial charge in [-0.2, -0.15) is 0 Å². The fraction of sp³-hybridized carbons (Fsp3) is 1.00. The van der Waals surface area contributed by atoms with Crippen molar-refractivity contribution >= 4 is 0 Å². The molecule has 0 atom stereocenters. The molecule has 0 spiro atoms. The predicted molar refractivity (Wildman–Crippen MR) is 29.6 cm³/mol. The first-order chi connectivity index (χ1) is 4.30. The van der Waals surface area contributed by atoms with Crippen molar-refractivity contribution in [3.05, 3.63) is 5.84 Å². The van der Waals surface area contributed by atoms with Gasteiger partial charge in [0.15, 0.2) is 0 Å². The summed E-state index contributed by atoms with van der Waals surface area (Å²) in [5.74, 6) is 7.17. The van der Waals surface area contributed by atoms with Gasteiger partial charge in [0, 0.05) is 0 Å². The van der Waals surface area contributed by atoms with E-state index in [1.807, 2.05) is 7.05 Å². The van der Waals surface area contributed by atoms with Crippen LogP contribution >= 0.6 is 0 Å². The summed E-state index contributed by atoms with van der Waals surface area (Å²) in [6, 6.07) is 0. The summed E-state index contributed by atoms with van der Waals surface area (Å²) >= 11 is 0.259. The molecule has 0 unspecified atom stereocenters. The first-order valence-electron chi connectivity index (χ1n) is 2.69. The molecule has 1 rings (SSSR count). The van der Waals surface area contributed by atoms with Gasteiger partial charge in [0.2, 0.25) is 0 Å². The van der Waals surface area contributed by atoms with Crippen LogP contribution in [0.3, 0.4) is 0 Å². The minimum absolute atomic E-state index is 0.259. The number of nitrogens with zero attached hydrogens (tertiary/aromatic N) is 2. The van der Waals surface area contributed by atoms with Crippen LogP contribution < -0.4 is 21.2 Å². The normalized spacial score (nSPS) is 26.9. The number of hydrazine groups is 1. The average Bonchev–Trinajstić information content (AvgIpc) is 1.99. The molecule has 0 aromatic carbocycles. The Morgan fingerprint density at radius 1 is 1.67 bits per heavy atom. The second kappa shape index (κ2) is 3.67. The summed E-state index contributed by atoms with van der Waals surface area (Å²) in [6.07, 6.45) is 0. The molecule has 0 saturated carbocycles. The van der Waals surface area contributed by atoms with Crippen molar-refractivity contribution in [2.75, 3.05) is 22.6 Å². The standard InChI is InChI=1S/C4H10IN3O/c1-7-4-5-2-3-9-8(7)6/h6H,2-4H2,1H3/q-2. The van der Waals surface area contributed by atoms with Crippen molar-refractivity contribution in [3.8, 4) is 0 Å². The van der Waals surface area contributed by atoms with E-state index in [2.05, 4.69) is 0 Å². The van der Waals surface area contributed by atoms with E-state index in [0.717, 1.165) is 16.4 Å². The zero-order valence-corrected chi connectivity index (χ0v) is 7.46. The zero-order valence-electron chi connectivity index (χ0n) is 5.30. The van der Waals surface area contributed by atoms with Gasteiger partial charge < -0.3 is 0 Å². The van der Waals surface area contributed by atoms with E-state index in [1.165, 1.54) is 4.43 Å². The van der Waals surface area contributed by atoms with E-state index in [1.54, 1.807) is 5.01 Å². The fourth-order valence-corrected chi connectivity index (χ4v) is 2.33. The molecule has 4 nitrogen and oxygen atoms in total. The van der Waals surface area contributed by atoms with Crippen LogP contribution in [0, 0.1) is 0 Å². The number of nitrogens with one attached hydrogen (secondary N) is 1. The number of halogens is 1. The molecule has 0 radical (unpaired) electrons. The van der Waals surface area contributed by atoms with Crippen LogP contribution in [-0.2, 0) is 4.84 Å². The van der Waals surface area contributed by atoms with Crippen molar-refractivity contribution in [3.63, 3.8) is 0 Å². The Hall–Kier alpha value is 0.570. The first kappa shape index (κ1) is 7.67. The van der Waals surface area contributed by atoms with Crippen LogP contribution in [0.4, 0.5) is 0 Å². The number of hydrogen-bond donors (Lipinski definition) is 0. The van der Waals surface area contributed by atoms with E-state index < -0.39 is 0 Å². The molecule has 0 bridgehead atoms. The Morgan fingerprint density at radius 3 is 3.22 bits per heavy atom. The van der Waals surface area contributed by atoms with Crippen LogP contribution in [0.1, 0.15) is 0 Å². The van der Waals surface area contributed by atoms with E-state index in [-0.39, 0.29) is 21.2 Å². The Bertz CT molecular complexity index is 81.9. The summed E-state index contributed by atoms with van der Waals surface area (Å²) in [5, 5.41) is 2.87. The van der Waals surface area contributed by atoms with Gasteiger partial charge >= 0.3 is 64.8 Å². The summed E-state index contributed by atoms with van der Waals surface area (Å²) in [6.45, 7) is 0.723. The SMILES string of the molecule is CN1C[I-]CCON1[NH-]. The average molecular weight is 243 g/mol. The third kappa shape index (κ3) is 2.34. The number of hydrogen-bond acceptors (Lipinski definition) is 3. The predicted octanol–water partition coefficient (Wildman–Crippen LogP) is -2.91. The monoisotopic (exact) mass is 243 g/mol. The molecule has 0 amide bonds. The molecule has 1 saturated heterocycles. The zero-order chi connectivity index (χ0) is 6.69. The molecule has 1 N–H and O–H groups in total. The van der Waals surface area contributed by atoms with E-state index in [0.29, 0.717) is 0 Å². The van der Waals surface area contributed by atoms with Crippen molar-refractivity contribution in [2.45, 2.75) is 0 Å². The molecular weight excluding hydrogens is 233 g/mol. The van der Waals surface area contributed by atoms with Crippen LogP contribution in [0.25, 0.3) is 5.84 Å². The molecule has 1 heterocycles. The second-order valence-corrected chi connectivity index (χ2v) is 4.60. The number of alkyl halides is 2. The van der Waals surface area contributed by atoms with Gasteiger partial charge in [0.1, 0.15) is 0 Å². The van der Waals surface area contributed by atoms with Gasteiger partial charge in [0.05, 0.1) is 0 Å². The van der Waals surface area contributed by atoms with Crippen LogP contribution in [0.5, 0.6) is 0 Å². The topological polar surface area (TPSA) is 39.5 Å². The Morgan fingerprint density at radius 2 is 2.44 bits per heavy atom. The van der Waals surface area contributed by atoms with E-state index >= 15 is 0 Å². The first-order valence-corrected chi connectivity index (χ1v) is 5.74. The molecular formula is C4H10IN3O-2. The minimum atomic E-state index is 0.259. The van der Waals surface area contributed by atoms with Crippen molar-refractivity contribution < 1.29 is 26.0 Å². The third-order valence-corrected chi connectivity index (χ3v) is 3.66. The molecule has 0 aromatic heterocycles. The summed E-state index contributed by atoms with van der Waals surface area (Å²) in [4.78, 5) is 4.97. The van der Waals surface area contributed by atoms with Crippen LogP contribution in [-0.4, -0.2) is 32.9 Å². The maximum absolute atomic E-state index is 7.17. The van der Waals surface area contributed by atoms with E-state index in [9.17, 15) is 0 Å². The van der Waals surface area contributed by atoms with E-state index in [4.69, 9.17) is 10.7 Å². The molecule has 0 aromatic rings. The second-order valence-electron chi connectivity index (χ2n) is 1.76. The Labute approximate surface area is 65.1 Å². The van der Waals surface area contributed by atoms with Crippen LogP contribution in [0.2, 0.25) is 0 Å². The fourth-order valence-electron chi connectivity index (χ4n) is 0.505. The van der Waals surface area contributed by atoms with Gasteiger partial charge in [-0.25, -0.2) is 0 Å². The number of rotatable bonds is 0. The van der Waals surface area contributed by atoms with Crippen LogP contribution in [0.15, 0.2) is 0 Å². The van der Waals surface area contributed by atoms with Crippen molar-refractivity contribution in [2.24, 2.45) is 0 Å².